The Balaban J connectivity index is 2.06. The van der Waals surface area contributed by atoms with Crippen molar-refractivity contribution in [2.75, 3.05) is 23.4 Å². The molecule has 0 saturated carbocycles. The third-order valence-corrected chi connectivity index (χ3v) is 4.49. The van der Waals surface area contributed by atoms with Crippen molar-refractivity contribution in [3.05, 3.63) is 32.8 Å². The second-order valence-electron chi connectivity index (χ2n) is 4.03. The van der Waals surface area contributed by atoms with Crippen LogP contribution < -0.4 is 5.32 Å². The molecule has 0 amide bonds. The van der Waals surface area contributed by atoms with Gasteiger partial charge in [0.05, 0.1) is 4.92 Å². The molecule has 92 valence electrons. The summed E-state index contributed by atoms with van der Waals surface area (Å²) in [5.74, 6) is 2.98. The fraction of sp³-hybridized carbons (Fsp3) is 0.455. The lowest BCUT2D eigenvalue weighted by molar-refractivity contribution is -0.384. The summed E-state index contributed by atoms with van der Waals surface area (Å²) in [7, 11) is 0. The van der Waals surface area contributed by atoms with Crippen molar-refractivity contribution in [1.29, 1.82) is 0 Å². The molecule has 1 heterocycles. The van der Waals surface area contributed by atoms with Crippen molar-refractivity contribution in [3.8, 4) is 0 Å². The first-order valence-corrected chi connectivity index (χ1v) is 7.37. The van der Waals surface area contributed by atoms with Crippen LogP contribution in [0.2, 0.25) is 0 Å². The second-order valence-corrected chi connectivity index (χ2v) is 6.09. The monoisotopic (exact) mass is 316 g/mol. The number of nitrogens with zero attached hydrogens (tertiary/aromatic N) is 1. The average Bonchev–Trinajstić information content (AvgIpc) is 2.80. The zero-order valence-electron chi connectivity index (χ0n) is 9.19. The third-order valence-electron chi connectivity index (χ3n) is 2.76. The van der Waals surface area contributed by atoms with E-state index in [9.17, 15) is 10.1 Å². The van der Waals surface area contributed by atoms with E-state index in [1.807, 2.05) is 17.8 Å². The van der Waals surface area contributed by atoms with E-state index in [0.29, 0.717) is 11.6 Å². The van der Waals surface area contributed by atoms with Gasteiger partial charge in [-0.2, -0.15) is 11.8 Å². The molecule has 1 aliphatic heterocycles. The number of nitro groups is 1. The molecule has 4 nitrogen and oxygen atoms in total. The zero-order valence-corrected chi connectivity index (χ0v) is 11.6. The van der Waals surface area contributed by atoms with Gasteiger partial charge in [0.25, 0.3) is 5.69 Å². The number of anilines is 1. The molecule has 1 saturated heterocycles. The highest BCUT2D eigenvalue weighted by Gasteiger charge is 2.18. The van der Waals surface area contributed by atoms with Crippen molar-refractivity contribution < 1.29 is 4.92 Å². The summed E-state index contributed by atoms with van der Waals surface area (Å²) in [6, 6.07) is 5.11. The Hall–Kier alpha value is -0.750. The third kappa shape index (κ3) is 3.35. The lowest BCUT2D eigenvalue weighted by Crippen LogP contribution is -2.14. The van der Waals surface area contributed by atoms with Crippen LogP contribution in [0, 0.1) is 16.0 Å². The van der Waals surface area contributed by atoms with Crippen LogP contribution in [0.15, 0.2) is 22.7 Å². The molecule has 0 aliphatic carbocycles. The Morgan fingerprint density at radius 2 is 2.41 bits per heavy atom. The summed E-state index contributed by atoms with van der Waals surface area (Å²) < 4.78 is 0.728. The van der Waals surface area contributed by atoms with Crippen molar-refractivity contribution >= 4 is 39.1 Å². The van der Waals surface area contributed by atoms with Crippen LogP contribution in [0.4, 0.5) is 11.4 Å². The molecule has 1 aromatic rings. The maximum atomic E-state index is 10.9. The van der Waals surface area contributed by atoms with Crippen LogP contribution in [-0.2, 0) is 0 Å². The summed E-state index contributed by atoms with van der Waals surface area (Å²) in [4.78, 5) is 10.6. The molecule has 0 radical (unpaired) electrons. The van der Waals surface area contributed by atoms with Gasteiger partial charge in [-0.05, 0) is 36.0 Å². The van der Waals surface area contributed by atoms with E-state index >= 15 is 0 Å². The molecule has 6 heteroatoms. The molecule has 0 aromatic heterocycles. The number of benzene rings is 1. The Kier molecular flexibility index (Phi) is 4.28. The van der Waals surface area contributed by atoms with Crippen LogP contribution in [0.3, 0.4) is 0 Å². The van der Waals surface area contributed by atoms with Crippen LogP contribution >= 0.6 is 27.7 Å². The van der Waals surface area contributed by atoms with Gasteiger partial charge in [-0.15, -0.1) is 0 Å². The summed E-state index contributed by atoms with van der Waals surface area (Å²) in [5, 5.41) is 14.1. The van der Waals surface area contributed by atoms with Gasteiger partial charge in [-0.25, -0.2) is 0 Å². The molecule has 1 N–H and O–H groups in total. The topological polar surface area (TPSA) is 55.2 Å². The Bertz CT molecular complexity index is 422. The molecule has 1 atom stereocenters. The van der Waals surface area contributed by atoms with E-state index in [0.717, 1.165) is 16.8 Å². The predicted molar refractivity (Wildman–Crippen MR) is 74.7 cm³/mol. The fourth-order valence-electron chi connectivity index (χ4n) is 1.80. The Morgan fingerprint density at radius 3 is 3.06 bits per heavy atom. The smallest absolute Gasteiger partial charge is 0.293 e. The Morgan fingerprint density at radius 1 is 1.59 bits per heavy atom. The molecule has 1 aliphatic rings. The molecule has 1 aromatic carbocycles. The highest BCUT2D eigenvalue weighted by Crippen LogP contribution is 2.29. The van der Waals surface area contributed by atoms with E-state index in [-0.39, 0.29) is 10.6 Å². The normalized spacial score (nSPS) is 19.2. The van der Waals surface area contributed by atoms with Gasteiger partial charge in [0.1, 0.15) is 5.69 Å². The molecular weight excluding hydrogens is 304 g/mol. The lowest BCUT2D eigenvalue weighted by Gasteiger charge is -2.11. The predicted octanol–water partition coefficient (Wildman–Crippen LogP) is 3.52. The van der Waals surface area contributed by atoms with Gasteiger partial charge in [-0.1, -0.05) is 15.9 Å². The molecule has 2 rings (SSSR count). The standard InChI is InChI=1S/C11H13BrN2O2S/c12-9-1-2-10(11(5-9)14(15)16)13-6-8-3-4-17-7-8/h1-2,5,8,13H,3-4,6-7H2. The molecule has 1 fully saturated rings. The summed E-state index contributed by atoms with van der Waals surface area (Å²) in [6.07, 6.45) is 1.20. The summed E-state index contributed by atoms with van der Waals surface area (Å²) >= 11 is 5.20. The summed E-state index contributed by atoms with van der Waals surface area (Å²) in [6.45, 7) is 0.815. The average molecular weight is 317 g/mol. The number of hydrogen-bond acceptors (Lipinski definition) is 4. The van der Waals surface area contributed by atoms with Gasteiger partial charge >= 0.3 is 0 Å². The summed E-state index contributed by atoms with van der Waals surface area (Å²) in [5.41, 5.74) is 0.736. The van der Waals surface area contributed by atoms with Gasteiger partial charge < -0.3 is 5.32 Å². The molecule has 17 heavy (non-hydrogen) atoms. The van der Waals surface area contributed by atoms with Gasteiger partial charge in [-0.3, -0.25) is 10.1 Å². The maximum absolute atomic E-state index is 10.9. The highest BCUT2D eigenvalue weighted by molar-refractivity contribution is 9.10. The number of nitrogens with one attached hydrogen (secondary N) is 1. The van der Waals surface area contributed by atoms with E-state index in [4.69, 9.17) is 0 Å². The molecule has 0 bridgehead atoms. The molecule has 1 unspecified atom stereocenters. The SMILES string of the molecule is O=[N+]([O-])c1cc(Br)ccc1NCC1CCSC1. The highest BCUT2D eigenvalue weighted by atomic mass is 79.9. The Labute approximate surface area is 112 Å². The lowest BCUT2D eigenvalue weighted by atomic mass is 10.1. The van der Waals surface area contributed by atoms with Crippen LogP contribution in [0.1, 0.15) is 6.42 Å². The number of rotatable bonds is 4. The van der Waals surface area contributed by atoms with Gasteiger partial charge in [0.2, 0.25) is 0 Å². The fourth-order valence-corrected chi connectivity index (χ4v) is 3.44. The van der Waals surface area contributed by atoms with Crippen LogP contribution in [-0.4, -0.2) is 23.0 Å². The zero-order chi connectivity index (χ0) is 12.3. The second kappa shape index (κ2) is 5.73. The number of nitro benzene ring substituents is 1. The minimum atomic E-state index is -0.351. The van der Waals surface area contributed by atoms with E-state index in [1.165, 1.54) is 18.2 Å². The van der Waals surface area contributed by atoms with Crippen molar-refractivity contribution in [2.45, 2.75) is 6.42 Å². The van der Waals surface area contributed by atoms with Gasteiger partial charge in [0, 0.05) is 17.1 Å². The minimum absolute atomic E-state index is 0.130. The number of halogens is 1. The van der Waals surface area contributed by atoms with Crippen LogP contribution in [0.25, 0.3) is 0 Å². The van der Waals surface area contributed by atoms with E-state index in [1.54, 1.807) is 6.07 Å². The first-order chi connectivity index (χ1) is 8.16. The van der Waals surface area contributed by atoms with Crippen LogP contribution in [0.5, 0.6) is 0 Å². The largest absolute Gasteiger partial charge is 0.379 e. The van der Waals surface area contributed by atoms with E-state index in [2.05, 4.69) is 21.2 Å². The maximum Gasteiger partial charge on any atom is 0.293 e. The van der Waals surface area contributed by atoms with Crippen molar-refractivity contribution in [3.63, 3.8) is 0 Å². The first-order valence-electron chi connectivity index (χ1n) is 5.42. The van der Waals surface area contributed by atoms with Crippen molar-refractivity contribution in [2.24, 2.45) is 5.92 Å². The minimum Gasteiger partial charge on any atom is -0.379 e. The van der Waals surface area contributed by atoms with Crippen molar-refractivity contribution in [1.82, 2.24) is 0 Å². The number of thioether (sulfide) groups is 1. The van der Waals surface area contributed by atoms with E-state index < -0.39 is 0 Å². The quantitative estimate of drug-likeness (QED) is 0.682. The number of hydrogen-bond donors (Lipinski definition) is 1. The van der Waals surface area contributed by atoms with Gasteiger partial charge in [0.15, 0.2) is 0 Å². The first kappa shape index (κ1) is 12.7. The molecular formula is C11H13BrN2O2S. The molecule has 0 spiro atoms.